The molecule has 150 valence electrons. The van der Waals surface area contributed by atoms with E-state index in [2.05, 4.69) is 10.6 Å². The third-order valence-electron chi connectivity index (χ3n) is 4.92. The highest BCUT2D eigenvalue weighted by atomic mass is 16.6. The van der Waals surface area contributed by atoms with Crippen molar-refractivity contribution in [1.29, 1.82) is 0 Å². The molecular formula is C21H27N3O4. The van der Waals surface area contributed by atoms with E-state index in [1.54, 1.807) is 7.11 Å². The second-order valence-corrected chi connectivity index (χ2v) is 6.88. The Bertz CT molecular complexity index is 764. The fourth-order valence-electron chi connectivity index (χ4n) is 3.27. The Kier molecular flexibility index (Phi) is 6.86. The molecule has 28 heavy (non-hydrogen) atoms. The Balaban J connectivity index is 1.53. The highest BCUT2D eigenvalue weighted by Crippen LogP contribution is 2.19. The minimum atomic E-state index is -0.738. The molecule has 2 aromatic rings. The van der Waals surface area contributed by atoms with E-state index in [9.17, 15) is 9.90 Å². The van der Waals surface area contributed by atoms with Crippen LogP contribution >= 0.6 is 0 Å². The van der Waals surface area contributed by atoms with E-state index in [-0.39, 0.29) is 6.04 Å². The Hall–Kier alpha value is -2.61. The molecule has 0 bridgehead atoms. The van der Waals surface area contributed by atoms with E-state index in [0.29, 0.717) is 26.1 Å². The second-order valence-electron chi connectivity index (χ2n) is 6.88. The number of nitrogens with one attached hydrogen (secondary N) is 2. The lowest BCUT2D eigenvalue weighted by Crippen LogP contribution is -2.41. The van der Waals surface area contributed by atoms with Crippen LogP contribution in [0.15, 0.2) is 48.5 Å². The minimum absolute atomic E-state index is 0.155. The van der Waals surface area contributed by atoms with Crippen molar-refractivity contribution in [2.45, 2.75) is 37.8 Å². The molecule has 5 N–H and O–H groups in total. The molecule has 1 aliphatic rings. The summed E-state index contributed by atoms with van der Waals surface area (Å²) in [4.78, 5) is 12.2. The summed E-state index contributed by atoms with van der Waals surface area (Å²) in [6.45, 7) is 1.22. The van der Waals surface area contributed by atoms with Gasteiger partial charge in [-0.05, 0) is 35.2 Å². The van der Waals surface area contributed by atoms with Gasteiger partial charge >= 0.3 is 6.09 Å². The smallest absolute Gasteiger partial charge is 0.407 e. The summed E-state index contributed by atoms with van der Waals surface area (Å²) >= 11 is 0. The Labute approximate surface area is 164 Å². The molecule has 0 saturated carbocycles. The lowest BCUT2D eigenvalue weighted by Gasteiger charge is -2.22. The SMILES string of the molecule is COc1ccc(C[C@H]2NC[C@H](O)[C@H]2OC(=O)NCc2ccc(CN)cc2)cc1. The second kappa shape index (κ2) is 9.54. The topological polar surface area (TPSA) is 106 Å². The van der Waals surface area contributed by atoms with Gasteiger partial charge in [0.2, 0.25) is 0 Å². The third-order valence-corrected chi connectivity index (χ3v) is 4.92. The van der Waals surface area contributed by atoms with Gasteiger partial charge in [-0.2, -0.15) is 0 Å². The van der Waals surface area contributed by atoms with Crippen molar-refractivity contribution < 1.29 is 19.4 Å². The number of methoxy groups -OCH3 is 1. The number of aliphatic hydroxyl groups excluding tert-OH is 1. The predicted molar refractivity (Wildman–Crippen MR) is 106 cm³/mol. The van der Waals surface area contributed by atoms with Gasteiger partial charge in [0.15, 0.2) is 0 Å². The zero-order chi connectivity index (χ0) is 19.9. The number of hydrogen-bond acceptors (Lipinski definition) is 6. The van der Waals surface area contributed by atoms with Crippen LogP contribution in [0.2, 0.25) is 0 Å². The van der Waals surface area contributed by atoms with Crippen LogP contribution < -0.4 is 21.1 Å². The summed E-state index contributed by atoms with van der Waals surface area (Å²) in [5, 5.41) is 16.2. The molecule has 1 amide bonds. The number of rotatable bonds is 7. The van der Waals surface area contributed by atoms with Crippen LogP contribution in [0.3, 0.4) is 0 Å². The number of amides is 1. The van der Waals surface area contributed by atoms with Crippen LogP contribution in [0.5, 0.6) is 5.75 Å². The minimum Gasteiger partial charge on any atom is -0.497 e. The molecule has 3 rings (SSSR count). The van der Waals surface area contributed by atoms with Gasteiger partial charge in [-0.3, -0.25) is 0 Å². The summed E-state index contributed by atoms with van der Waals surface area (Å²) in [6.07, 6.45) is -1.26. The van der Waals surface area contributed by atoms with Crippen molar-refractivity contribution in [3.63, 3.8) is 0 Å². The van der Waals surface area contributed by atoms with Gasteiger partial charge in [-0.15, -0.1) is 0 Å². The Morgan fingerprint density at radius 1 is 1.14 bits per heavy atom. The predicted octanol–water partition coefficient (Wildman–Crippen LogP) is 1.32. The first-order chi connectivity index (χ1) is 13.6. The number of carbonyl (C=O) groups is 1. The van der Waals surface area contributed by atoms with Crippen molar-refractivity contribution in [3.05, 3.63) is 65.2 Å². The highest BCUT2D eigenvalue weighted by Gasteiger charge is 2.37. The number of ether oxygens (including phenoxy) is 2. The zero-order valence-corrected chi connectivity index (χ0v) is 15.9. The molecule has 3 atom stereocenters. The van der Waals surface area contributed by atoms with Crippen LogP contribution in [-0.2, 0) is 24.2 Å². The molecule has 0 unspecified atom stereocenters. The number of benzene rings is 2. The molecule has 7 nitrogen and oxygen atoms in total. The molecule has 2 aromatic carbocycles. The van der Waals surface area contributed by atoms with E-state index in [4.69, 9.17) is 15.2 Å². The van der Waals surface area contributed by atoms with Gasteiger partial charge in [0, 0.05) is 19.6 Å². The van der Waals surface area contributed by atoms with Gasteiger partial charge in [-0.25, -0.2) is 4.79 Å². The Morgan fingerprint density at radius 3 is 2.43 bits per heavy atom. The molecule has 0 spiro atoms. The molecule has 1 aliphatic heterocycles. The van der Waals surface area contributed by atoms with Crippen LogP contribution in [0.4, 0.5) is 4.79 Å². The Morgan fingerprint density at radius 2 is 1.79 bits per heavy atom. The van der Waals surface area contributed by atoms with Crippen molar-refractivity contribution >= 4 is 6.09 Å². The lowest BCUT2D eigenvalue weighted by atomic mass is 10.0. The van der Waals surface area contributed by atoms with Gasteiger partial charge in [0.25, 0.3) is 0 Å². The quantitative estimate of drug-likeness (QED) is 0.573. The summed E-state index contributed by atoms with van der Waals surface area (Å²) in [5.41, 5.74) is 8.64. The van der Waals surface area contributed by atoms with E-state index in [1.807, 2.05) is 48.5 Å². The third kappa shape index (κ3) is 5.22. The monoisotopic (exact) mass is 385 g/mol. The average molecular weight is 385 g/mol. The lowest BCUT2D eigenvalue weighted by molar-refractivity contribution is 0.0188. The molecular weight excluding hydrogens is 358 g/mol. The zero-order valence-electron chi connectivity index (χ0n) is 15.9. The van der Waals surface area contributed by atoms with Gasteiger partial charge in [0.05, 0.1) is 13.2 Å². The molecule has 0 aliphatic carbocycles. The molecule has 1 heterocycles. The van der Waals surface area contributed by atoms with Crippen LogP contribution in [0.25, 0.3) is 0 Å². The molecule has 7 heteroatoms. The summed E-state index contributed by atoms with van der Waals surface area (Å²) in [6, 6.07) is 15.2. The fourth-order valence-corrected chi connectivity index (χ4v) is 3.27. The van der Waals surface area contributed by atoms with Crippen molar-refractivity contribution in [3.8, 4) is 5.75 Å². The maximum Gasteiger partial charge on any atom is 0.407 e. The average Bonchev–Trinajstić information content (AvgIpc) is 3.06. The maximum atomic E-state index is 12.2. The van der Waals surface area contributed by atoms with Gasteiger partial charge in [0.1, 0.15) is 18.0 Å². The number of carbonyl (C=O) groups excluding carboxylic acids is 1. The van der Waals surface area contributed by atoms with Crippen LogP contribution in [-0.4, -0.2) is 43.1 Å². The first-order valence-corrected chi connectivity index (χ1v) is 9.36. The molecule has 0 aromatic heterocycles. The van der Waals surface area contributed by atoms with Crippen molar-refractivity contribution in [2.24, 2.45) is 5.73 Å². The van der Waals surface area contributed by atoms with Crippen molar-refractivity contribution in [1.82, 2.24) is 10.6 Å². The normalized spacial score (nSPS) is 21.3. The van der Waals surface area contributed by atoms with Gasteiger partial charge in [-0.1, -0.05) is 36.4 Å². The van der Waals surface area contributed by atoms with Gasteiger partial charge < -0.3 is 30.9 Å². The first kappa shape index (κ1) is 20.1. The van der Waals surface area contributed by atoms with Crippen LogP contribution in [0.1, 0.15) is 16.7 Å². The number of β-amino-alcohol motifs (C(OH)–C–C–N with tert-alkyl or cyclic N) is 1. The summed E-state index contributed by atoms with van der Waals surface area (Å²) < 4.78 is 10.7. The molecule has 1 saturated heterocycles. The highest BCUT2D eigenvalue weighted by molar-refractivity contribution is 5.67. The van der Waals surface area contributed by atoms with Crippen LogP contribution in [0, 0.1) is 0 Å². The summed E-state index contributed by atoms with van der Waals surface area (Å²) in [7, 11) is 1.62. The maximum absolute atomic E-state index is 12.2. The first-order valence-electron chi connectivity index (χ1n) is 9.36. The standard InChI is InChI=1S/C21H27N3O4/c1-27-17-8-6-14(7-9-17)10-18-20(19(25)13-23-18)28-21(26)24-12-16-4-2-15(11-22)3-5-16/h2-9,18-20,23,25H,10-13,22H2,1H3,(H,24,26)/t18-,19+,20+/m1/s1. The number of alkyl carbamates (subject to hydrolysis) is 1. The number of aliphatic hydroxyl groups is 1. The summed E-state index contributed by atoms with van der Waals surface area (Å²) in [5.74, 6) is 0.787. The van der Waals surface area contributed by atoms with Crippen molar-refractivity contribution in [2.75, 3.05) is 13.7 Å². The molecule has 0 radical (unpaired) electrons. The number of hydrogen-bond donors (Lipinski definition) is 4. The van der Waals surface area contributed by atoms with E-state index in [0.717, 1.165) is 22.4 Å². The fraction of sp³-hybridized carbons (Fsp3) is 0.381. The molecule has 1 fully saturated rings. The number of nitrogens with two attached hydrogens (primary N) is 1. The largest absolute Gasteiger partial charge is 0.497 e. The van der Waals surface area contributed by atoms with E-state index in [1.165, 1.54) is 0 Å². The van der Waals surface area contributed by atoms with E-state index >= 15 is 0 Å². The van der Waals surface area contributed by atoms with E-state index < -0.39 is 18.3 Å².